The summed E-state index contributed by atoms with van der Waals surface area (Å²) in [6, 6.07) is 0. The van der Waals surface area contributed by atoms with Gasteiger partial charge in [0.2, 0.25) is 0 Å². The number of allylic oxidation sites excluding steroid dienone is 6. The van der Waals surface area contributed by atoms with E-state index in [1.54, 1.807) is 0 Å². The monoisotopic (exact) mass is 1050 g/mol. The van der Waals surface area contributed by atoms with Crippen LogP contribution in [0, 0.1) is 0 Å². The molecule has 1 atom stereocenters. The van der Waals surface area contributed by atoms with Gasteiger partial charge < -0.3 is 14.2 Å². The molecule has 0 rings (SSSR count). The summed E-state index contributed by atoms with van der Waals surface area (Å²) in [6.07, 6.45) is 78.7. The average Bonchev–Trinajstić information content (AvgIpc) is 3.41. The molecule has 0 aromatic rings. The smallest absolute Gasteiger partial charge is 0.306 e. The Balaban J connectivity index is 4.30. The Labute approximate surface area is 467 Å². The second-order valence-corrected chi connectivity index (χ2v) is 22.7. The number of rotatable bonds is 62. The zero-order chi connectivity index (χ0) is 54.3. The first-order valence-electron chi connectivity index (χ1n) is 33.5. The van der Waals surface area contributed by atoms with Crippen LogP contribution in [-0.4, -0.2) is 37.2 Å². The van der Waals surface area contributed by atoms with Crippen molar-refractivity contribution < 1.29 is 28.6 Å². The SMILES string of the molecule is CC/C=C\C/C=C\C/C=C\CCCCCCCCCC(=O)OCC(COC(=O)CCCCCCCCCCCCCCCCCCCCCCCC)OC(=O)CCCCCCCCCCCCCCCCCCCC. The second kappa shape index (κ2) is 64.2. The van der Waals surface area contributed by atoms with Crippen molar-refractivity contribution in [1.82, 2.24) is 0 Å². The molecule has 0 amide bonds. The van der Waals surface area contributed by atoms with Crippen LogP contribution in [0.1, 0.15) is 367 Å². The number of ether oxygens (including phenoxy) is 3. The molecule has 0 saturated heterocycles. The lowest BCUT2D eigenvalue weighted by atomic mass is 10.0. The van der Waals surface area contributed by atoms with Crippen LogP contribution < -0.4 is 0 Å². The molecule has 0 saturated carbocycles. The summed E-state index contributed by atoms with van der Waals surface area (Å²) in [5, 5.41) is 0. The average molecular weight is 1050 g/mol. The van der Waals surface area contributed by atoms with Gasteiger partial charge in [0.05, 0.1) is 0 Å². The van der Waals surface area contributed by atoms with Gasteiger partial charge in [-0.15, -0.1) is 0 Å². The van der Waals surface area contributed by atoms with E-state index in [1.807, 2.05) is 0 Å². The van der Waals surface area contributed by atoms with Gasteiger partial charge in [-0.2, -0.15) is 0 Å². The maximum absolute atomic E-state index is 12.9. The van der Waals surface area contributed by atoms with E-state index >= 15 is 0 Å². The Morgan fingerprint density at radius 3 is 0.813 bits per heavy atom. The maximum atomic E-state index is 12.9. The summed E-state index contributed by atoms with van der Waals surface area (Å²) in [4.78, 5) is 38.4. The summed E-state index contributed by atoms with van der Waals surface area (Å²) < 4.78 is 17.0. The van der Waals surface area contributed by atoms with Crippen molar-refractivity contribution in [3.63, 3.8) is 0 Å². The Kier molecular flexibility index (Phi) is 62.1. The van der Waals surface area contributed by atoms with Gasteiger partial charge in [0.1, 0.15) is 13.2 Å². The zero-order valence-electron chi connectivity index (χ0n) is 50.6. The fraction of sp³-hybridized carbons (Fsp3) is 0.870. The molecule has 440 valence electrons. The summed E-state index contributed by atoms with van der Waals surface area (Å²) in [6.45, 7) is 6.60. The van der Waals surface area contributed by atoms with Gasteiger partial charge in [-0.25, -0.2) is 0 Å². The summed E-state index contributed by atoms with van der Waals surface area (Å²) in [5.41, 5.74) is 0. The molecule has 0 spiro atoms. The van der Waals surface area contributed by atoms with Gasteiger partial charge in [-0.1, -0.05) is 333 Å². The third-order valence-corrected chi connectivity index (χ3v) is 15.2. The minimum atomic E-state index is -0.773. The van der Waals surface area contributed by atoms with E-state index in [-0.39, 0.29) is 31.1 Å². The molecule has 0 radical (unpaired) electrons. The predicted octanol–water partition coefficient (Wildman–Crippen LogP) is 22.8. The van der Waals surface area contributed by atoms with Crippen molar-refractivity contribution in [3.05, 3.63) is 36.5 Å². The van der Waals surface area contributed by atoms with Crippen molar-refractivity contribution in [2.45, 2.75) is 374 Å². The molecule has 0 fully saturated rings. The van der Waals surface area contributed by atoms with Crippen molar-refractivity contribution in [3.8, 4) is 0 Å². The van der Waals surface area contributed by atoms with Crippen LogP contribution in [0.3, 0.4) is 0 Å². The maximum Gasteiger partial charge on any atom is 0.306 e. The van der Waals surface area contributed by atoms with Gasteiger partial charge in [0.15, 0.2) is 6.10 Å². The Bertz CT molecular complexity index is 1250. The van der Waals surface area contributed by atoms with Crippen LogP contribution in [-0.2, 0) is 28.6 Å². The molecule has 6 nitrogen and oxygen atoms in total. The molecule has 0 aromatic carbocycles. The van der Waals surface area contributed by atoms with E-state index < -0.39 is 6.10 Å². The Morgan fingerprint density at radius 1 is 0.280 bits per heavy atom. The van der Waals surface area contributed by atoms with E-state index in [0.29, 0.717) is 19.3 Å². The van der Waals surface area contributed by atoms with E-state index in [9.17, 15) is 14.4 Å². The first kappa shape index (κ1) is 72.6. The standard InChI is InChI=1S/C69H128O6/c1-4-7-10-13-16-19-22-25-28-31-33-34-35-36-39-41-44-47-50-53-56-59-62-68(71)74-65-66(64-73-67(70)61-58-55-52-49-46-43-40-37-30-27-24-21-18-15-12-9-6-3)75-69(72)63-60-57-54-51-48-45-42-38-32-29-26-23-20-17-14-11-8-5-2/h9,12,18,21,27,30,66H,4-8,10-11,13-17,19-20,22-26,28-29,31-65H2,1-3H3/b12-9-,21-18-,30-27-. The van der Waals surface area contributed by atoms with E-state index in [1.165, 1.54) is 244 Å². The van der Waals surface area contributed by atoms with Crippen LogP contribution in [0.25, 0.3) is 0 Å². The summed E-state index contributed by atoms with van der Waals surface area (Å²) >= 11 is 0. The molecule has 0 aromatic heterocycles. The number of hydrogen-bond donors (Lipinski definition) is 0. The number of unbranched alkanes of at least 4 members (excludes halogenated alkanes) is 45. The first-order valence-corrected chi connectivity index (χ1v) is 33.5. The molecule has 0 N–H and O–H groups in total. The topological polar surface area (TPSA) is 78.9 Å². The van der Waals surface area contributed by atoms with Gasteiger partial charge >= 0.3 is 17.9 Å². The fourth-order valence-electron chi connectivity index (χ4n) is 10.2. The minimum Gasteiger partial charge on any atom is -0.462 e. The third-order valence-electron chi connectivity index (χ3n) is 15.2. The van der Waals surface area contributed by atoms with Crippen LogP contribution in [0.5, 0.6) is 0 Å². The van der Waals surface area contributed by atoms with Gasteiger partial charge in [-0.3, -0.25) is 14.4 Å². The number of hydrogen-bond acceptors (Lipinski definition) is 6. The van der Waals surface area contributed by atoms with Crippen molar-refractivity contribution >= 4 is 17.9 Å². The highest BCUT2D eigenvalue weighted by Gasteiger charge is 2.19. The lowest BCUT2D eigenvalue weighted by molar-refractivity contribution is -0.167. The second-order valence-electron chi connectivity index (χ2n) is 22.7. The quantitative estimate of drug-likeness (QED) is 0.0261. The Hall–Kier alpha value is -2.37. The van der Waals surface area contributed by atoms with Crippen LogP contribution >= 0.6 is 0 Å². The summed E-state index contributed by atoms with van der Waals surface area (Å²) in [5.74, 6) is -0.850. The van der Waals surface area contributed by atoms with Crippen LogP contribution in [0.15, 0.2) is 36.5 Å². The van der Waals surface area contributed by atoms with E-state index in [2.05, 4.69) is 57.2 Å². The molecule has 75 heavy (non-hydrogen) atoms. The molecule has 0 bridgehead atoms. The highest BCUT2D eigenvalue weighted by Crippen LogP contribution is 2.18. The largest absolute Gasteiger partial charge is 0.462 e. The van der Waals surface area contributed by atoms with E-state index in [4.69, 9.17) is 14.2 Å². The highest BCUT2D eigenvalue weighted by atomic mass is 16.6. The van der Waals surface area contributed by atoms with Crippen molar-refractivity contribution in [2.75, 3.05) is 13.2 Å². The molecule has 0 aliphatic rings. The molecule has 0 aliphatic heterocycles. The van der Waals surface area contributed by atoms with E-state index in [0.717, 1.165) is 83.5 Å². The van der Waals surface area contributed by atoms with Crippen LogP contribution in [0.2, 0.25) is 0 Å². The predicted molar refractivity (Wildman–Crippen MR) is 326 cm³/mol. The third kappa shape index (κ3) is 62.4. The minimum absolute atomic E-state index is 0.0694. The fourth-order valence-corrected chi connectivity index (χ4v) is 10.2. The van der Waals surface area contributed by atoms with Crippen LogP contribution in [0.4, 0.5) is 0 Å². The molecule has 0 heterocycles. The molecule has 6 heteroatoms. The number of esters is 3. The normalized spacial score (nSPS) is 12.2. The Morgan fingerprint density at radius 2 is 0.520 bits per heavy atom. The molecule has 1 unspecified atom stereocenters. The first-order chi connectivity index (χ1) is 37.0. The lowest BCUT2D eigenvalue weighted by Gasteiger charge is -2.18. The lowest BCUT2D eigenvalue weighted by Crippen LogP contribution is -2.30. The molecular formula is C69H128O6. The summed E-state index contributed by atoms with van der Waals surface area (Å²) in [7, 11) is 0. The number of carbonyl (C=O) groups is 3. The highest BCUT2D eigenvalue weighted by molar-refractivity contribution is 5.71. The zero-order valence-corrected chi connectivity index (χ0v) is 50.6. The molecule has 0 aliphatic carbocycles. The van der Waals surface area contributed by atoms with Gasteiger partial charge in [-0.05, 0) is 51.4 Å². The van der Waals surface area contributed by atoms with Crippen molar-refractivity contribution in [1.29, 1.82) is 0 Å². The van der Waals surface area contributed by atoms with Crippen molar-refractivity contribution in [2.24, 2.45) is 0 Å². The van der Waals surface area contributed by atoms with Gasteiger partial charge in [0.25, 0.3) is 0 Å². The van der Waals surface area contributed by atoms with Gasteiger partial charge in [0, 0.05) is 19.3 Å². The number of carbonyl (C=O) groups excluding carboxylic acids is 3. The molecular weight excluding hydrogens is 925 g/mol.